The SMILES string of the molecule is Cc1cc(Nc2nc(Nc3cc(C)c(C4CCN(C(=O)CCN5CCCC5)CC4)cc3C)ncc2Cl)n[nH]1. The summed E-state index contributed by atoms with van der Waals surface area (Å²) in [6.07, 6.45) is 6.77. The summed E-state index contributed by atoms with van der Waals surface area (Å²) in [5.74, 6) is 2.36. The van der Waals surface area contributed by atoms with Gasteiger partial charge in [0.05, 0.1) is 6.20 Å². The normalized spacial score (nSPS) is 16.7. The van der Waals surface area contributed by atoms with Crippen LogP contribution < -0.4 is 10.6 Å². The number of H-pyrrole nitrogens is 1. The van der Waals surface area contributed by atoms with E-state index in [2.05, 4.69) is 66.6 Å². The Labute approximate surface area is 229 Å². The minimum Gasteiger partial charge on any atom is -0.343 e. The number of nitrogens with one attached hydrogen (secondary N) is 3. The lowest BCUT2D eigenvalue weighted by molar-refractivity contribution is -0.132. The van der Waals surface area contributed by atoms with E-state index in [0.717, 1.165) is 62.5 Å². The molecule has 2 fully saturated rings. The molecule has 2 saturated heterocycles. The second kappa shape index (κ2) is 11.7. The van der Waals surface area contributed by atoms with Crippen LogP contribution in [0.1, 0.15) is 60.4 Å². The summed E-state index contributed by atoms with van der Waals surface area (Å²) in [4.78, 5) is 26.2. The Hall–Kier alpha value is -3.17. The Morgan fingerprint density at radius 1 is 1.05 bits per heavy atom. The van der Waals surface area contributed by atoms with Crippen LogP contribution in [-0.2, 0) is 4.79 Å². The van der Waals surface area contributed by atoms with Crippen LogP contribution in [0.3, 0.4) is 0 Å². The number of carbonyl (C=O) groups is 1. The van der Waals surface area contributed by atoms with E-state index in [-0.39, 0.29) is 0 Å². The molecule has 202 valence electrons. The molecule has 2 aliphatic heterocycles. The number of benzene rings is 1. The highest BCUT2D eigenvalue weighted by Gasteiger charge is 2.26. The third-order valence-electron chi connectivity index (χ3n) is 7.68. The van der Waals surface area contributed by atoms with Crippen molar-refractivity contribution in [3.63, 3.8) is 0 Å². The maximum atomic E-state index is 12.7. The molecule has 0 aliphatic carbocycles. The van der Waals surface area contributed by atoms with Crippen LogP contribution in [0.2, 0.25) is 5.02 Å². The van der Waals surface area contributed by atoms with Crippen molar-refractivity contribution in [3.05, 3.63) is 51.8 Å². The largest absolute Gasteiger partial charge is 0.343 e. The van der Waals surface area contributed by atoms with Crippen molar-refractivity contribution in [2.75, 3.05) is 43.4 Å². The fourth-order valence-electron chi connectivity index (χ4n) is 5.51. The first-order chi connectivity index (χ1) is 18.4. The zero-order valence-electron chi connectivity index (χ0n) is 22.5. The van der Waals surface area contributed by atoms with E-state index in [1.807, 2.05) is 13.0 Å². The highest BCUT2D eigenvalue weighted by atomic mass is 35.5. The van der Waals surface area contributed by atoms with Crippen LogP contribution in [0.4, 0.5) is 23.3 Å². The molecule has 2 aliphatic rings. The Morgan fingerprint density at radius 2 is 1.82 bits per heavy atom. The van der Waals surface area contributed by atoms with E-state index in [9.17, 15) is 4.79 Å². The quantitative estimate of drug-likeness (QED) is 0.351. The molecular formula is C28H37ClN8O. The van der Waals surface area contributed by atoms with Gasteiger partial charge in [0.15, 0.2) is 11.6 Å². The minimum atomic E-state index is 0.307. The van der Waals surface area contributed by atoms with Crippen LogP contribution in [-0.4, -0.2) is 68.6 Å². The lowest BCUT2D eigenvalue weighted by Crippen LogP contribution is -2.39. The topological polar surface area (TPSA) is 102 Å². The molecule has 0 bridgehead atoms. The number of hydrogen-bond donors (Lipinski definition) is 3. The fourth-order valence-corrected chi connectivity index (χ4v) is 5.65. The summed E-state index contributed by atoms with van der Waals surface area (Å²) in [7, 11) is 0. The van der Waals surface area contributed by atoms with Gasteiger partial charge in [0.1, 0.15) is 5.02 Å². The van der Waals surface area contributed by atoms with Gasteiger partial charge in [-0.05, 0) is 88.2 Å². The van der Waals surface area contributed by atoms with Gasteiger partial charge >= 0.3 is 0 Å². The van der Waals surface area contributed by atoms with Gasteiger partial charge in [-0.25, -0.2) is 4.98 Å². The maximum Gasteiger partial charge on any atom is 0.229 e. The number of amides is 1. The van der Waals surface area contributed by atoms with Gasteiger partial charge in [-0.1, -0.05) is 17.7 Å². The second-order valence-corrected chi connectivity index (χ2v) is 11.0. The number of carbonyl (C=O) groups excluding carboxylic acids is 1. The fraction of sp³-hybridized carbons (Fsp3) is 0.500. The predicted molar refractivity (Wildman–Crippen MR) is 152 cm³/mol. The van der Waals surface area contributed by atoms with Gasteiger partial charge in [0, 0.05) is 43.5 Å². The Bertz CT molecular complexity index is 1280. The van der Waals surface area contributed by atoms with Crippen molar-refractivity contribution in [2.24, 2.45) is 0 Å². The number of hydrogen-bond acceptors (Lipinski definition) is 7. The number of piperidine rings is 1. The molecule has 38 heavy (non-hydrogen) atoms. The average Bonchev–Trinajstić information content (AvgIpc) is 3.58. The number of halogens is 1. The van der Waals surface area contributed by atoms with E-state index >= 15 is 0 Å². The highest BCUT2D eigenvalue weighted by Crippen LogP contribution is 2.34. The summed E-state index contributed by atoms with van der Waals surface area (Å²) in [6, 6.07) is 6.32. The van der Waals surface area contributed by atoms with E-state index in [1.54, 1.807) is 6.20 Å². The third kappa shape index (κ3) is 6.27. The second-order valence-electron chi connectivity index (χ2n) is 10.6. The van der Waals surface area contributed by atoms with Crippen LogP contribution in [0, 0.1) is 20.8 Å². The van der Waals surface area contributed by atoms with Crippen molar-refractivity contribution in [3.8, 4) is 0 Å². The molecule has 5 rings (SSSR count). The molecule has 1 aromatic carbocycles. The first-order valence-corrected chi connectivity index (χ1v) is 13.9. The van der Waals surface area contributed by atoms with Gasteiger partial charge in [-0.2, -0.15) is 10.1 Å². The number of nitrogens with zero attached hydrogens (tertiary/aromatic N) is 5. The number of aromatic nitrogens is 4. The molecule has 10 heteroatoms. The van der Waals surface area contributed by atoms with E-state index in [4.69, 9.17) is 11.6 Å². The summed E-state index contributed by atoms with van der Waals surface area (Å²) in [6.45, 7) is 11.1. The molecular weight excluding hydrogens is 500 g/mol. The highest BCUT2D eigenvalue weighted by molar-refractivity contribution is 6.32. The average molecular weight is 537 g/mol. The molecule has 0 spiro atoms. The van der Waals surface area contributed by atoms with Gasteiger partial charge in [0.2, 0.25) is 11.9 Å². The summed E-state index contributed by atoms with van der Waals surface area (Å²) < 4.78 is 0. The van der Waals surface area contributed by atoms with Crippen molar-refractivity contribution in [1.29, 1.82) is 0 Å². The third-order valence-corrected chi connectivity index (χ3v) is 7.96. The minimum absolute atomic E-state index is 0.307. The summed E-state index contributed by atoms with van der Waals surface area (Å²) in [5, 5.41) is 14.0. The Kier molecular flexibility index (Phi) is 8.14. The Morgan fingerprint density at radius 3 is 2.53 bits per heavy atom. The van der Waals surface area contributed by atoms with Gasteiger partial charge in [-0.15, -0.1) is 0 Å². The molecule has 0 radical (unpaired) electrons. The van der Waals surface area contributed by atoms with Gasteiger partial charge in [-0.3, -0.25) is 9.89 Å². The van der Waals surface area contributed by atoms with Crippen LogP contribution >= 0.6 is 11.6 Å². The lowest BCUT2D eigenvalue weighted by atomic mass is 9.85. The Balaban J connectivity index is 1.20. The smallest absolute Gasteiger partial charge is 0.229 e. The van der Waals surface area contributed by atoms with Crippen molar-refractivity contribution in [1.82, 2.24) is 30.0 Å². The van der Waals surface area contributed by atoms with Crippen LogP contribution in [0.15, 0.2) is 24.4 Å². The molecule has 0 unspecified atom stereocenters. The van der Waals surface area contributed by atoms with Gasteiger partial charge < -0.3 is 20.4 Å². The standard InChI is InChI=1S/C28H37ClN8O/c1-18-15-24(31-28-30-17-23(29)27(33-28)32-25-16-20(3)34-35-25)19(2)14-22(18)21-6-12-37(13-7-21)26(38)8-11-36-9-4-5-10-36/h14-17,21H,4-13H2,1-3H3,(H3,30,31,32,33,34,35). The zero-order valence-corrected chi connectivity index (χ0v) is 23.2. The first-order valence-electron chi connectivity index (χ1n) is 13.6. The molecule has 1 amide bonds. The van der Waals surface area contributed by atoms with E-state index in [0.29, 0.717) is 40.9 Å². The first kappa shape index (κ1) is 26.4. The summed E-state index contributed by atoms with van der Waals surface area (Å²) in [5.41, 5.74) is 5.63. The number of likely N-dealkylation sites (tertiary alicyclic amines) is 2. The molecule has 9 nitrogen and oxygen atoms in total. The molecule has 3 N–H and O–H groups in total. The molecule has 3 aromatic rings. The van der Waals surface area contributed by atoms with Crippen LogP contribution in [0.25, 0.3) is 0 Å². The molecule has 0 atom stereocenters. The van der Waals surface area contributed by atoms with E-state index < -0.39 is 0 Å². The number of rotatable bonds is 8. The van der Waals surface area contributed by atoms with Crippen LogP contribution in [0.5, 0.6) is 0 Å². The summed E-state index contributed by atoms with van der Waals surface area (Å²) >= 11 is 6.32. The number of aryl methyl sites for hydroxylation is 3. The molecule has 0 saturated carbocycles. The lowest BCUT2D eigenvalue weighted by Gasteiger charge is -2.33. The zero-order chi connectivity index (χ0) is 26.6. The predicted octanol–water partition coefficient (Wildman–Crippen LogP) is 5.46. The van der Waals surface area contributed by atoms with E-state index in [1.165, 1.54) is 24.0 Å². The number of aromatic amines is 1. The molecule has 4 heterocycles. The monoisotopic (exact) mass is 536 g/mol. The maximum absolute atomic E-state index is 12.7. The number of anilines is 4. The van der Waals surface area contributed by atoms with Crippen molar-refractivity contribution >= 4 is 40.8 Å². The van der Waals surface area contributed by atoms with Crippen molar-refractivity contribution < 1.29 is 4.79 Å². The molecule has 2 aromatic heterocycles. The van der Waals surface area contributed by atoms with Crippen molar-refractivity contribution in [2.45, 2.75) is 58.8 Å². The van der Waals surface area contributed by atoms with Gasteiger partial charge in [0.25, 0.3) is 0 Å².